The normalized spacial score (nSPS) is 11.2. The van der Waals surface area contributed by atoms with Crippen LogP contribution in [0.25, 0.3) is 0 Å². The molecule has 0 aromatic heterocycles. The van der Waals surface area contributed by atoms with Crippen LogP contribution < -0.4 is 4.72 Å². The molecule has 0 heterocycles. The molecule has 0 spiro atoms. The number of hydrogen-bond donors (Lipinski definition) is 1. The molecule has 3 aromatic rings. The van der Waals surface area contributed by atoms with Crippen LogP contribution in [0.4, 0.5) is 10.1 Å². The van der Waals surface area contributed by atoms with Crippen LogP contribution in [0.15, 0.2) is 88.7 Å². The van der Waals surface area contributed by atoms with Crippen LogP contribution >= 0.6 is 11.8 Å². The van der Waals surface area contributed by atoms with E-state index in [9.17, 15) is 12.8 Å². The van der Waals surface area contributed by atoms with Crippen molar-refractivity contribution >= 4 is 27.5 Å². The summed E-state index contributed by atoms with van der Waals surface area (Å²) in [4.78, 5) is 1.08. The van der Waals surface area contributed by atoms with Gasteiger partial charge >= 0.3 is 0 Å². The van der Waals surface area contributed by atoms with Gasteiger partial charge in [-0.05, 0) is 48.0 Å². The van der Waals surface area contributed by atoms with Gasteiger partial charge in [0.1, 0.15) is 5.82 Å². The molecule has 6 heteroatoms. The Bertz CT molecular complexity index is 943. The van der Waals surface area contributed by atoms with Crippen molar-refractivity contribution in [3.05, 3.63) is 90.2 Å². The molecule has 1 N–H and O–H groups in total. The van der Waals surface area contributed by atoms with E-state index < -0.39 is 15.8 Å². The van der Waals surface area contributed by atoms with Crippen molar-refractivity contribution in [3.8, 4) is 0 Å². The van der Waals surface area contributed by atoms with Crippen LogP contribution in [0.3, 0.4) is 0 Å². The van der Waals surface area contributed by atoms with Crippen molar-refractivity contribution < 1.29 is 12.8 Å². The average Bonchev–Trinajstić information content (AvgIpc) is 2.62. The molecule has 3 rings (SSSR count). The highest BCUT2D eigenvalue weighted by Crippen LogP contribution is 2.24. The molecule has 0 atom stereocenters. The zero-order valence-electron chi connectivity index (χ0n) is 13.2. The van der Waals surface area contributed by atoms with Gasteiger partial charge < -0.3 is 0 Å². The highest BCUT2D eigenvalue weighted by atomic mass is 32.2. The lowest BCUT2D eigenvalue weighted by Gasteiger charge is -2.09. The van der Waals surface area contributed by atoms with Gasteiger partial charge in [-0.25, -0.2) is 12.8 Å². The van der Waals surface area contributed by atoms with Gasteiger partial charge in [-0.15, -0.1) is 11.8 Å². The summed E-state index contributed by atoms with van der Waals surface area (Å²) >= 11 is 1.71. The number of benzene rings is 3. The largest absolute Gasteiger partial charge is 0.280 e. The van der Waals surface area contributed by atoms with E-state index in [1.54, 1.807) is 23.9 Å². The fourth-order valence-electron chi connectivity index (χ4n) is 2.20. The molecule has 0 aliphatic heterocycles. The van der Waals surface area contributed by atoms with E-state index in [1.165, 1.54) is 23.1 Å². The highest BCUT2D eigenvalue weighted by molar-refractivity contribution is 7.98. The number of nitrogens with one attached hydrogen (secondary N) is 1. The van der Waals surface area contributed by atoms with Gasteiger partial charge in [0.25, 0.3) is 10.0 Å². The van der Waals surface area contributed by atoms with Crippen LogP contribution in [0.1, 0.15) is 5.56 Å². The third-order valence-corrected chi connectivity index (χ3v) is 5.92. The minimum atomic E-state index is -3.80. The van der Waals surface area contributed by atoms with E-state index in [0.29, 0.717) is 5.69 Å². The fraction of sp³-hybridized carbons (Fsp3) is 0.0526. The van der Waals surface area contributed by atoms with E-state index in [2.05, 4.69) is 4.72 Å². The van der Waals surface area contributed by atoms with Gasteiger partial charge in [-0.3, -0.25) is 4.72 Å². The Labute approximate surface area is 151 Å². The molecule has 0 saturated carbocycles. The van der Waals surface area contributed by atoms with Gasteiger partial charge in [0.15, 0.2) is 0 Å². The van der Waals surface area contributed by atoms with Crippen molar-refractivity contribution in [2.24, 2.45) is 0 Å². The Morgan fingerprint density at radius 3 is 2.28 bits per heavy atom. The molecule has 0 amide bonds. The second kappa shape index (κ2) is 7.72. The van der Waals surface area contributed by atoms with Crippen molar-refractivity contribution in [2.75, 3.05) is 4.72 Å². The summed E-state index contributed by atoms with van der Waals surface area (Å²) in [6, 6.07) is 22.1. The molecule has 0 fully saturated rings. The van der Waals surface area contributed by atoms with Crippen LogP contribution in [0.5, 0.6) is 0 Å². The summed E-state index contributed by atoms with van der Waals surface area (Å²) in [5.74, 6) is 0.206. The first-order valence-corrected chi connectivity index (χ1v) is 10.0. The van der Waals surface area contributed by atoms with Gasteiger partial charge in [0, 0.05) is 16.3 Å². The molecule has 0 bridgehead atoms. The third kappa shape index (κ3) is 4.84. The maximum absolute atomic E-state index is 13.2. The Morgan fingerprint density at radius 2 is 1.60 bits per heavy atom. The Hall–Kier alpha value is -2.31. The van der Waals surface area contributed by atoms with Crippen LogP contribution in [0.2, 0.25) is 0 Å². The Balaban J connectivity index is 1.66. The van der Waals surface area contributed by atoms with Gasteiger partial charge in [-0.2, -0.15) is 0 Å². The smallest absolute Gasteiger partial charge is 0.261 e. The minimum Gasteiger partial charge on any atom is -0.280 e. The van der Waals surface area contributed by atoms with E-state index in [-0.39, 0.29) is 4.90 Å². The van der Waals surface area contributed by atoms with Crippen LogP contribution in [-0.2, 0) is 15.8 Å². The van der Waals surface area contributed by atoms with Crippen molar-refractivity contribution in [1.29, 1.82) is 0 Å². The first-order valence-electron chi connectivity index (χ1n) is 7.58. The molecule has 3 nitrogen and oxygen atoms in total. The van der Waals surface area contributed by atoms with Crippen molar-refractivity contribution in [3.63, 3.8) is 0 Å². The first-order chi connectivity index (χ1) is 12.0. The van der Waals surface area contributed by atoms with E-state index in [1.807, 2.05) is 42.5 Å². The number of hydrogen-bond acceptors (Lipinski definition) is 3. The van der Waals surface area contributed by atoms with Gasteiger partial charge in [0.05, 0.1) is 4.90 Å². The summed E-state index contributed by atoms with van der Waals surface area (Å²) < 4.78 is 40.2. The quantitative estimate of drug-likeness (QED) is 0.624. The first kappa shape index (κ1) is 17.5. The Morgan fingerprint density at radius 1 is 0.880 bits per heavy atom. The summed E-state index contributed by atoms with van der Waals surface area (Å²) in [6.45, 7) is 0. The van der Waals surface area contributed by atoms with Gasteiger partial charge in [0.2, 0.25) is 0 Å². The number of thioether (sulfide) groups is 1. The Kier molecular flexibility index (Phi) is 5.40. The molecule has 0 saturated heterocycles. The molecular formula is C19H16FNO2S2. The van der Waals surface area contributed by atoms with Crippen LogP contribution in [0, 0.1) is 5.82 Å². The van der Waals surface area contributed by atoms with E-state index in [0.717, 1.165) is 17.4 Å². The van der Waals surface area contributed by atoms with Gasteiger partial charge in [-0.1, -0.05) is 36.4 Å². The molecule has 128 valence electrons. The van der Waals surface area contributed by atoms with E-state index in [4.69, 9.17) is 0 Å². The maximum Gasteiger partial charge on any atom is 0.261 e. The second-order valence-corrected chi connectivity index (χ2v) is 8.09. The monoisotopic (exact) mass is 373 g/mol. The highest BCUT2D eigenvalue weighted by Gasteiger charge is 2.14. The zero-order valence-corrected chi connectivity index (χ0v) is 14.9. The molecule has 0 aliphatic carbocycles. The van der Waals surface area contributed by atoms with Crippen molar-refractivity contribution in [2.45, 2.75) is 15.5 Å². The third-order valence-electron chi connectivity index (χ3n) is 3.46. The summed E-state index contributed by atoms with van der Waals surface area (Å²) in [7, 11) is -3.80. The number of halogens is 1. The average molecular weight is 373 g/mol. The topological polar surface area (TPSA) is 46.2 Å². The molecule has 0 radical (unpaired) electrons. The minimum absolute atomic E-state index is 0.101. The standard InChI is InChI=1S/C19H16FNO2S2/c20-16-5-4-8-19(13-16)25(22,23)21-17-11-9-15(10-12-17)14-24-18-6-2-1-3-7-18/h1-13,21H,14H2. The number of anilines is 1. The maximum atomic E-state index is 13.2. The van der Waals surface area contributed by atoms with Crippen LogP contribution in [-0.4, -0.2) is 8.42 Å². The number of sulfonamides is 1. The van der Waals surface area contributed by atoms with E-state index >= 15 is 0 Å². The molecule has 0 aliphatic rings. The SMILES string of the molecule is O=S(=O)(Nc1ccc(CSc2ccccc2)cc1)c1cccc(F)c1. The fourth-order valence-corrected chi connectivity index (χ4v) is 4.17. The molecule has 25 heavy (non-hydrogen) atoms. The lowest BCUT2D eigenvalue weighted by molar-refractivity contribution is 0.595. The van der Waals surface area contributed by atoms with Crippen molar-refractivity contribution in [1.82, 2.24) is 0 Å². The lowest BCUT2D eigenvalue weighted by atomic mass is 10.2. The predicted octanol–water partition coefficient (Wildman–Crippen LogP) is 4.92. The molecular weight excluding hydrogens is 357 g/mol. The molecule has 0 unspecified atom stereocenters. The number of rotatable bonds is 6. The summed E-state index contributed by atoms with van der Waals surface area (Å²) in [5, 5.41) is 0. The predicted molar refractivity (Wildman–Crippen MR) is 99.7 cm³/mol. The lowest BCUT2D eigenvalue weighted by Crippen LogP contribution is -2.13. The summed E-state index contributed by atoms with van der Waals surface area (Å²) in [6.07, 6.45) is 0. The molecule has 3 aromatic carbocycles. The second-order valence-electron chi connectivity index (χ2n) is 5.36. The summed E-state index contributed by atoms with van der Waals surface area (Å²) in [5.41, 5.74) is 1.53. The zero-order chi connectivity index (χ0) is 17.7.